The second-order valence-corrected chi connectivity index (χ2v) is 4.86. The Morgan fingerprint density at radius 1 is 1.29 bits per heavy atom. The second-order valence-electron chi connectivity index (χ2n) is 4.86. The topological polar surface area (TPSA) is 25.2 Å². The Hall–Kier alpha value is -1.02. The summed E-state index contributed by atoms with van der Waals surface area (Å²) in [6.07, 6.45) is 2.14. The molecule has 1 aromatic rings. The zero-order valence-corrected chi connectivity index (χ0v) is 11.8. The van der Waals surface area contributed by atoms with Crippen molar-refractivity contribution in [2.24, 2.45) is 0 Å². The van der Waals surface area contributed by atoms with E-state index in [-0.39, 0.29) is 0 Å². The van der Waals surface area contributed by atoms with Gasteiger partial charge in [-0.1, -0.05) is 12.5 Å². The first kappa shape index (κ1) is 14.0. The van der Waals surface area contributed by atoms with Gasteiger partial charge in [-0.15, -0.1) is 6.58 Å². The molecule has 0 spiro atoms. The van der Waals surface area contributed by atoms with Crippen LogP contribution in [0.15, 0.2) is 16.6 Å². The number of furan rings is 1. The Morgan fingerprint density at radius 3 is 2.35 bits per heavy atom. The first-order chi connectivity index (χ1) is 7.97. The van der Waals surface area contributed by atoms with Crippen LogP contribution in [0.25, 0.3) is 0 Å². The van der Waals surface area contributed by atoms with Crippen LogP contribution in [0.4, 0.5) is 0 Å². The van der Waals surface area contributed by atoms with Crippen LogP contribution in [0.1, 0.15) is 55.4 Å². The lowest BCUT2D eigenvalue weighted by Gasteiger charge is -2.18. The van der Waals surface area contributed by atoms with Gasteiger partial charge in [0.15, 0.2) is 0 Å². The summed E-state index contributed by atoms with van der Waals surface area (Å²) in [5, 5.41) is 3.55. The van der Waals surface area contributed by atoms with E-state index in [0.717, 1.165) is 30.9 Å². The molecule has 0 aliphatic rings. The molecule has 0 aliphatic carbocycles. The van der Waals surface area contributed by atoms with Crippen molar-refractivity contribution in [2.45, 2.75) is 53.5 Å². The van der Waals surface area contributed by atoms with E-state index in [9.17, 15) is 0 Å². The molecule has 0 fully saturated rings. The second kappa shape index (κ2) is 6.06. The number of hydrogen-bond donors (Lipinski definition) is 1. The van der Waals surface area contributed by atoms with Gasteiger partial charge in [-0.3, -0.25) is 0 Å². The molecular formula is C15H25NO. The maximum absolute atomic E-state index is 5.72. The molecule has 0 saturated heterocycles. The highest BCUT2D eigenvalue weighted by Gasteiger charge is 2.19. The minimum atomic E-state index is 0.383. The zero-order chi connectivity index (χ0) is 13.0. The summed E-state index contributed by atoms with van der Waals surface area (Å²) in [6, 6.07) is 0.383. The predicted molar refractivity (Wildman–Crippen MR) is 73.4 cm³/mol. The monoisotopic (exact) mass is 235 g/mol. The molecule has 1 heterocycles. The molecule has 0 radical (unpaired) electrons. The standard InChI is InChI=1S/C15H25NO/c1-7-16-14(9-8-10(2)3)15-11(4)12(5)17-13(15)6/h14,16H,2,7-9H2,1,3-6H3. The fraction of sp³-hybridized carbons (Fsp3) is 0.600. The Morgan fingerprint density at radius 2 is 1.94 bits per heavy atom. The zero-order valence-electron chi connectivity index (χ0n) is 11.8. The molecule has 2 nitrogen and oxygen atoms in total. The van der Waals surface area contributed by atoms with Crippen molar-refractivity contribution < 1.29 is 4.42 Å². The van der Waals surface area contributed by atoms with Crippen LogP contribution in [-0.2, 0) is 0 Å². The largest absolute Gasteiger partial charge is 0.466 e. The Bertz CT molecular complexity index is 390. The Balaban J connectivity index is 2.92. The summed E-state index contributed by atoms with van der Waals surface area (Å²) in [7, 11) is 0. The van der Waals surface area contributed by atoms with Crippen molar-refractivity contribution >= 4 is 0 Å². The maximum Gasteiger partial charge on any atom is 0.106 e. The average molecular weight is 235 g/mol. The van der Waals surface area contributed by atoms with E-state index < -0.39 is 0 Å². The van der Waals surface area contributed by atoms with Crippen molar-refractivity contribution in [3.8, 4) is 0 Å². The van der Waals surface area contributed by atoms with Gasteiger partial charge < -0.3 is 9.73 Å². The third-order valence-electron chi connectivity index (χ3n) is 3.28. The number of hydrogen-bond acceptors (Lipinski definition) is 2. The van der Waals surface area contributed by atoms with E-state index >= 15 is 0 Å². The number of nitrogens with one attached hydrogen (secondary N) is 1. The molecule has 1 N–H and O–H groups in total. The van der Waals surface area contributed by atoms with Crippen LogP contribution < -0.4 is 5.32 Å². The van der Waals surface area contributed by atoms with Crippen LogP contribution in [0, 0.1) is 20.8 Å². The molecule has 2 heteroatoms. The van der Waals surface area contributed by atoms with Gasteiger partial charge in [-0.2, -0.15) is 0 Å². The highest BCUT2D eigenvalue weighted by molar-refractivity contribution is 5.34. The summed E-state index contributed by atoms with van der Waals surface area (Å²) in [5.74, 6) is 2.09. The van der Waals surface area contributed by atoms with Crippen molar-refractivity contribution in [2.75, 3.05) is 6.54 Å². The quantitative estimate of drug-likeness (QED) is 0.747. The minimum absolute atomic E-state index is 0.383. The van der Waals surface area contributed by atoms with Crippen molar-refractivity contribution in [3.05, 3.63) is 34.8 Å². The molecule has 1 rings (SSSR count). The van der Waals surface area contributed by atoms with Gasteiger partial charge in [0.05, 0.1) is 0 Å². The van der Waals surface area contributed by atoms with Gasteiger partial charge in [-0.25, -0.2) is 0 Å². The van der Waals surface area contributed by atoms with Crippen molar-refractivity contribution in [1.29, 1.82) is 0 Å². The van der Waals surface area contributed by atoms with E-state index in [1.54, 1.807) is 0 Å². The van der Waals surface area contributed by atoms with Crippen molar-refractivity contribution in [3.63, 3.8) is 0 Å². The fourth-order valence-electron chi connectivity index (χ4n) is 2.31. The van der Waals surface area contributed by atoms with Gasteiger partial charge in [0, 0.05) is 11.6 Å². The summed E-state index contributed by atoms with van der Waals surface area (Å²) in [4.78, 5) is 0. The van der Waals surface area contributed by atoms with Crippen LogP contribution in [-0.4, -0.2) is 6.54 Å². The third-order valence-corrected chi connectivity index (χ3v) is 3.28. The van der Waals surface area contributed by atoms with E-state index in [1.165, 1.54) is 16.7 Å². The lowest BCUT2D eigenvalue weighted by atomic mass is 9.96. The molecule has 1 atom stereocenters. The smallest absolute Gasteiger partial charge is 0.106 e. The van der Waals surface area contributed by atoms with Gasteiger partial charge in [0.2, 0.25) is 0 Å². The molecule has 0 bridgehead atoms. The summed E-state index contributed by atoms with van der Waals surface area (Å²) < 4.78 is 5.72. The number of rotatable bonds is 6. The van der Waals surface area contributed by atoms with Crippen LogP contribution in [0.3, 0.4) is 0 Å². The maximum atomic E-state index is 5.72. The van der Waals surface area contributed by atoms with Crippen LogP contribution >= 0.6 is 0 Å². The van der Waals surface area contributed by atoms with Gasteiger partial charge in [0.1, 0.15) is 11.5 Å². The summed E-state index contributed by atoms with van der Waals surface area (Å²) >= 11 is 0. The van der Waals surface area contributed by atoms with E-state index in [0.29, 0.717) is 6.04 Å². The summed E-state index contributed by atoms with van der Waals surface area (Å²) in [5.41, 5.74) is 3.86. The highest BCUT2D eigenvalue weighted by atomic mass is 16.3. The predicted octanol–water partition coefficient (Wildman–Crippen LogP) is 4.21. The average Bonchev–Trinajstić information content (AvgIpc) is 2.49. The molecule has 96 valence electrons. The molecule has 0 amide bonds. The molecule has 0 aliphatic heterocycles. The number of allylic oxidation sites excluding steroid dienone is 1. The molecule has 0 saturated carbocycles. The molecule has 17 heavy (non-hydrogen) atoms. The summed E-state index contributed by atoms with van der Waals surface area (Å²) in [6.45, 7) is 15.4. The van der Waals surface area contributed by atoms with Gasteiger partial charge in [-0.05, 0) is 52.6 Å². The number of aryl methyl sites for hydroxylation is 2. The molecule has 0 aromatic carbocycles. The van der Waals surface area contributed by atoms with E-state index in [2.05, 4.69) is 39.6 Å². The lowest BCUT2D eigenvalue weighted by Crippen LogP contribution is -2.22. The first-order valence-corrected chi connectivity index (χ1v) is 6.41. The Labute approximate surface area is 105 Å². The van der Waals surface area contributed by atoms with E-state index in [4.69, 9.17) is 4.42 Å². The SMILES string of the molecule is C=C(C)CCC(NCC)c1c(C)oc(C)c1C. The van der Waals surface area contributed by atoms with E-state index in [1.807, 2.05) is 6.92 Å². The molecule has 1 unspecified atom stereocenters. The van der Waals surface area contributed by atoms with Crippen molar-refractivity contribution in [1.82, 2.24) is 5.32 Å². The van der Waals surface area contributed by atoms with Gasteiger partial charge in [0.25, 0.3) is 0 Å². The first-order valence-electron chi connectivity index (χ1n) is 6.41. The van der Waals surface area contributed by atoms with Gasteiger partial charge >= 0.3 is 0 Å². The van der Waals surface area contributed by atoms with Crippen LogP contribution in [0.5, 0.6) is 0 Å². The normalized spacial score (nSPS) is 12.8. The Kier molecular flexibility index (Phi) is 5.01. The van der Waals surface area contributed by atoms with Crippen LogP contribution in [0.2, 0.25) is 0 Å². The lowest BCUT2D eigenvalue weighted by molar-refractivity contribution is 0.474. The fourth-order valence-corrected chi connectivity index (χ4v) is 2.31. The molecule has 1 aromatic heterocycles. The highest BCUT2D eigenvalue weighted by Crippen LogP contribution is 2.30. The molecular weight excluding hydrogens is 210 g/mol. The third kappa shape index (κ3) is 3.47. The minimum Gasteiger partial charge on any atom is -0.466 e.